The van der Waals surface area contributed by atoms with Gasteiger partial charge < -0.3 is 14.6 Å². The average Bonchev–Trinajstić information content (AvgIpc) is 2.88. The van der Waals surface area contributed by atoms with Gasteiger partial charge in [-0.05, 0) is 81.6 Å². The zero-order valence-electron chi connectivity index (χ0n) is 22.2. The van der Waals surface area contributed by atoms with Crippen molar-refractivity contribution in [3.8, 4) is 0 Å². The fourth-order valence-corrected chi connectivity index (χ4v) is 4.65. The monoisotopic (exact) mass is 542 g/mol. The number of aliphatic hydroxyl groups is 1. The van der Waals surface area contributed by atoms with Gasteiger partial charge in [-0.2, -0.15) is 0 Å². The van der Waals surface area contributed by atoms with E-state index in [4.69, 9.17) is 9.47 Å². The summed E-state index contributed by atoms with van der Waals surface area (Å²) in [6, 6.07) is 8.94. The highest BCUT2D eigenvalue weighted by Crippen LogP contribution is 2.26. The third-order valence-electron chi connectivity index (χ3n) is 6.57. The fraction of sp³-hybridized carbons (Fsp3) is 0.400. The van der Waals surface area contributed by atoms with E-state index in [1.165, 1.54) is 23.1 Å². The number of pyridine rings is 1. The van der Waals surface area contributed by atoms with Gasteiger partial charge in [-0.25, -0.2) is 18.0 Å². The van der Waals surface area contributed by atoms with E-state index in [2.05, 4.69) is 4.98 Å². The lowest BCUT2D eigenvalue weighted by Gasteiger charge is -2.38. The summed E-state index contributed by atoms with van der Waals surface area (Å²) in [5.41, 5.74) is 0.757. The first-order valence-corrected chi connectivity index (χ1v) is 12.9. The third-order valence-corrected chi connectivity index (χ3v) is 6.57. The smallest absolute Gasteiger partial charge is 0.410 e. The number of ether oxygens (including phenoxy) is 2. The van der Waals surface area contributed by atoms with E-state index < -0.39 is 35.5 Å². The molecule has 208 valence electrons. The van der Waals surface area contributed by atoms with Crippen LogP contribution in [0.15, 0.2) is 54.7 Å². The molecule has 1 aliphatic heterocycles. The highest BCUT2D eigenvalue weighted by atomic mass is 19.1. The number of carbonyl (C=O) groups excluding carboxylic acids is 1. The van der Waals surface area contributed by atoms with Gasteiger partial charge in [-0.3, -0.25) is 9.88 Å². The number of halogens is 3. The van der Waals surface area contributed by atoms with Crippen molar-refractivity contribution in [1.82, 2.24) is 9.88 Å². The van der Waals surface area contributed by atoms with Gasteiger partial charge in [0, 0.05) is 30.1 Å². The van der Waals surface area contributed by atoms with Gasteiger partial charge >= 0.3 is 6.09 Å². The Kier molecular flexibility index (Phi) is 8.92. The molecule has 1 aliphatic rings. The van der Waals surface area contributed by atoms with Crippen LogP contribution in [0.1, 0.15) is 44.7 Å². The summed E-state index contributed by atoms with van der Waals surface area (Å²) in [7, 11) is 0. The molecule has 6 nitrogen and oxygen atoms in total. The second-order valence-corrected chi connectivity index (χ2v) is 10.7. The molecule has 1 saturated heterocycles. The van der Waals surface area contributed by atoms with E-state index in [9.17, 15) is 23.1 Å². The highest BCUT2D eigenvalue weighted by molar-refractivity contribution is 5.82. The van der Waals surface area contributed by atoms with Gasteiger partial charge in [0.15, 0.2) is 0 Å². The maximum atomic E-state index is 14.0. The summed E-state index contributed by atoms with van der Waals surface area (Å²) >= 11 is 0. The topological polar surface area (TPSA) is 71.9 Å². The van der Waals surface area contributed by atoms with Crippen LogP contribution in [0.4, 0.5) is 18.0 Å². The van der Waals surface area contributed by atoms with Crippen molar-refractivity contribution >= 4 is 23.1 Å². The molecule has 1 aromatic heterocycles. The molecule has 3 unspecified atom stereocenters. The van der Waals surface area contributed by atoms with E-state index in [0.29, 0.717) is 23.7 Å². The number of aliphatic hydroxyl groups excluding tert-OH is 1. The second kappa shape index (κ2) is 12.2. The van der Waals surface area contributed by atoms with Crippen molar-refractivity contribution in [1.29, 1.82) is 0 Å². The number of benzene rings is 2. The molecule has 0 aliphatic carbocycles. The number of rotatable bonds is 7. The average molecular weight is 543 g/mol. The zero-order valence-corrected chi connectivity index (χ0v) is 22.2. The van der Waals surface area contributed by atoms with Gasteiger partial charge in [-0.15, -0.1) is 0 Å². The van der Waals surface area contributed by atoms with Crippen molar-refractivity contribution in [2.24, 2.45) is 0 Å². The van der Waals surface area contributed by atoms with Crippen molar-refractivity contribution in [2.45, 2.75) is 63.9 Å². The summed E-state index contributed by atoms with van der Waals surface area (Å²) in [5.74, 6) is -1.51. The molecule has 0 saturated carbocycles. The quantitative estimate of drug-likeness (QED) is 0.393. The molecule has 0 radical (unpaired) electrons. The molecule has 4 rings (SSSR count). The molecule has 3 atom stereocenters. The molecule has 3 aromatic rings. The molecule has 0 spiro atoms. The van der Waals surface area contributed by atoms with Crippen LogP contribution in [0.25, 0.3) is 17.0 Å². The van der Waals surface area contributed by atoms with Crippen LogP contribution in [0, 0.1) is 17.5 Å². The van der Waals surface area contributed by atoms with Gasteiger partial charge in [0.05, 0.1) is 30.4 Å². The number of nitrogens with zero attached hydrogens (tertiary/aromatic N) is 2. The Balaban J connectivity index is 1.42. The van der Waals surface area contributed by atoms with E-state index in [1.807, 2.05) is 0 Å². The van der Waals surface area contributed by atoms with E-state index in [0.717, 1.165) is 23.8 Å². The van der Waals surface area contributed by atoms with Gasteiger partial charge in [0.1, 0.15) is 23.1 Å². The summed E-state index contributed by atoms with van der Waals surface area (Å²) in [6.07, 6.45) is 4.03. The SMILES string of the molecule is CC(C)(C)OC(=O)N(CC=Cc1cc(F)ccc1F)C1CCC(C(O)Cc2ccnc3ccc(F)cc23)OC1. The minimum absolute atomic E-state index is 0.0748. The molecular weight excluding hydrogens is 509 g/mol. The van der Waals surface area contributed by atoms with Crippen LogP contribution in [-0.4, -0.2) is 58.1 Å². The maximum absolute atomic E-state index is 14.0. The number of carbonyl (C=O) groups is 1. The first kappa shape index (κ1) is 28.6. The zero-order chi connectivity index (χ0) is 28.2. The Hall–Kier alpha value is -3.43. The molecule has 1 fully saturated rings. The Morgan fingerprint density at radius 1 is 1.15 bits per heavy atom. The van der Waals surface area contributed by atoms with Crippen molar-refractivity contribution in [3.05, 3.63) is 83.3 Å². The van der Waals surface area contributed by atoms with Gasteiger partial charge in [0.25, 0.3) is 0 Å². The summed E-state index contributed by atoms with van der Waals surface area (Å²) < 4.78 is 53.0. The number of hydrogen-bond acceptors (Lipinski definition) is 5. The minimum atomic E-state index is -0.842. The van der Waals surface area contributed by atoms with Crippen molar-refractivity contribution in [3.63, 3.8) is 0 Å². The second-order valence-electron chi connectivity index (χ2n) is 10.7. The molecule has 1 N–H and O–H groups in total. The molecule has 2 heterocycles. The first-order valence-electron chi connectivity index (χ1n) is 12.9. The lowest BCUT2D eigenvalue weighted by atomic mass is 9.95. The number of amides is 1. The number of aromatic nitrogens is 1. The van der Waals surface area contributed by atoms with E-state index in [-0.39, 0.29) is 37.0 Å². The maximum Gasteiger partial charge on any atom is 0.410 e. The molecule has 39 heavy (non-hydrogen) atoms. The fourth-order valence-electron chi connectivity index (χ4n) is 4.65. The van der Waals surface area contributed by atoms with Crippen molar-refractivity contribution in [2.75, 3.05) is 13.2 Å². The van der Waals surface area contributed by atoms with Crippen LogP contribution >= 0.6 is 0 Å². The minimum Gasteiger partial charge on any atom is -0.444 e. The van der Waals surface area contributed by atoms with Gasteiger partial charge in [-0.1, -0.05) is 12.2 Å². The molecule has 2 aromatic carbocycles. The highest BCUT2D eigenvalue weighted by Gasteiger charge is 2.34. The Bertz CT molecular complexity index is 1330. The van der Waals surface area contributed by atoms with Crippen LogP contribution in [0.2, 0.25) is 0 Å². The summed E-state index contributed by atoms with van der Waals surface area (Å²) in [4.78, 5) is 18.8. The predicted molar refractivity (Wildman–Crippen MR) is 143 cm³/mol. The Morgan fingerprint density at radius 2 is 1.90 bits per heavy atom. The van der Waals surface area contributed by atoms with Crippen molar-refractivity contribution < 1.29 is 32.5 Å². The van der Waals surface area contributed by atoms with E-state index in [1.54, 1.807) is 45.2 Å². The molecule has 9 heteroatoms. The number of hydrogen-bond donors (Lipinski definition) is 1. The molecule has 1 amide bonds. The Labute approximate surface area is 226 Å². The summed E-state index contributed by atoms with van der Waals surface area (Å²) in [5, 5.41) is 11.6. The standard InChI is InChI=1S/C30H33F3N2O4/c1-30(2,3)39-29(37)35(14-4-5-20-15-21(31)6-9-25(20)33)23-8-11-28(38-18-23)27(36)16-19-12-13-34-26-10-7-22(32)17-24(19)26/h4-7,9-10,12-13,15,17,23,27-28,36H,8,11,14,16,18H2,1-3H3. The van der Waals surface area contributed by atoms with E-state index >= 15 is 0 Å². The van der Waals surface area contributed by atoms with Gasteiger partial charge in [0.2, 0.25) is 0 Å². The largest absolute Gasteiger partial charge is 0.444 e. The molecular formula is C30H33F3N2O4. The van der Waals surface area contributed by atoms with Crippen LogP contribution < -0.4 is 0 Å². The van der Waals surface area contributed by atoms with Crippen LogP contribution in [-0.2, 0) is 15.9 Å². The lowest BCUT2D eigenvalue weighted by molar-refractivity contribution is -0.0891. The normalized spacial score (nSPS) is 18.8. The molecule has 0 bridgehead atoms. The lowest BCUT2D eigenvalue weighted by Crippen LogP contribution is -2.50. The van der Waals surface area contributed by atoms with Crippen LogP contribution in [0.5, 0.6) is 0 Å². The Morgan fingerprint density at radius 3 is 2.62 bits per heavy atom. The first-order chi connectivity index (χ1) is 18.5. The predicted octanol–water partition coefficient (Wildman–Crippen LogP) is 6.05. The van der Waals surface area contributed by atoms with Crippen LogP contribution in [0.3, 0.4) is 0 Å². The summed E-state index contributed by atoms with van der Waals surface area (Å²) in [6.45, 7) is 5.55. The number of fused-ring (bicyclic) bond motifs is 1. The third kappa shape index (κ3) is 7.58.